The fraction of sp³-hybridized carbons (Fsp3) is 0.227. The second-order valence-corrected chi connectivity index (χ2v) is 6.85. The molecule has 6 nitrogen and oxygen atoms in total. The normalized spacial score (nSPS) is 11.1. The van der Waals surface area contributed by atoms with Gasteiger partial charge in [-0.3, -0.25) is 0 Å². The van der Waals surface area contributed by atoms with Gasteiger partial charge in [0.05, 0.1) is 7.11 Å². The van der Waals surface area contributed by atoms with E-state index in [9.17, 15) is 0 Å². The van der Waals surface area contributed by atoms with Crippen molar-refractivity contribution in [3.05, 3.63) is 77.5 Å². The van der Waals surface area contributed by atoms with Crippen molar-refractivity contribution in [2.75, 3.05) is 13.7 Å². The van der Waals surface area contributed by atoms with Gasteiger partial charge >= 0.3 is 0 Å². The number of rotatable bonds is 7. The third-order valence-electron chi connectivity index (χ3n) is 4.76. The quantitative estimate of drug-likeness (QED) is 0.503. The average molecular weight is 373 g/mol. The van der Waals surface area contributed by atoms with E-state index in [4.69, 9.17) is 4.74 Å². The molecule has 1 N–H and O–H groups in total. The van der Waals surface area contributed by atoms with Gasteiger partial charge < -0.3 is 10.1 Å². The molecule has 0 aliphatic carbocycles. The van der Waals surface area contributed by atoms with Crippen molar-refractivity contribution in [2.45, 2.75) is 19.9 Å². The highest BCUT2D eigenvalue weighted by Gasteiger charge is 2.09. The Morgan fingerprint density at radius 1 is 1.04 bits per heavy atom. The van der Waals surface area contributed by atoms with Crippen LogP contribution in [0.4, 0.5) is 0 Å². The summed E-state index contributed by atoms with van der Waals surface area (Å²) in [5.41, 5.74) is 6.60. The van der Waals surface area contributed by atoms with Crippen LogP contribution < -0.4 is 10.1 Å². The van der Waals surface area contributed by atoms with Crippen molar-refractivity contribution in [1.82, 2.24) is 25.4 Å². The molecule has 0 saturated heterocycles. The molecule has 142 valence electrons. The molecule has 0 aliphatic rings. The van der Waals surface area contributed by atoms with Crippen LogP contribution >= 0.6 is 0 Å². The molecule has 0 saturated carbocycles. The Bertz CT molecular complexity index is 1090. The minimum atomic E-state index is 0.702. The van der Waals surface area contributed by atoms with Gasteiger partial charge in [-0.25, -0.2) is 0 Å². The molecule has 0 unspecified atom stereocenters. The number of nitrogens with zero attached hydrogens (tertiary/aromatic N) is 4. The topological polar surface area (TPSA) is 64.3 Å². The molecule has 0 aliphatic heterocycles. The first-order chi connectivity index (χ1) is 13.7. The van der Waals surface area contributed by atoms with E-state index < -0.39 is 0 Å². The molecule has 2 aromatic heterocycles. The average Bonchev–Trinajstić information content (AvgIpc) is 3.20. The van der Waals surface area contributed by atoms with Crippen molar-refractivity contribution in [3.63, 3.8) is 0 Å². The second kappa shape index (κ2) is 8.19. The zero-order chi connectivity index (χ0) is 19.3. The van der Waals surface area contributed by atoms with Crippen molar-refractivity contribution < 1.29 is 4.74 Å². The number of aryl methyl sites for hydroxylation is 1. The molecule has 28 heavy (non-hydrogen) atoms. The summed E-state index contributed by atoms with van der Waals surface area (Å²) in [6.07, 6.45) is 2.90. The SMILES string of the molecule is COc1cccc(CCNCc2cc(-c3cccc(C)c3)cn3nnnc23)c1. The first-order valence-electron chi connectivity index (χ1n) is 9.34. The summed E-state index contributed by atoms with van der Waals surface area (Å²) < 4.78 is 7.03. The van der Waals surface area contributed by atoms with Gasteiger partial charge in [0.1, 0.15) is 5.75 Å². The summed E-state index contributed by atoms with van der Waals surface area (Å²) in [5, 5.41) is 15.6. The van der Waals surface area contributed by atoms with Crippen LogP contribution in [-0.4, -0.2) is 33.7 Å². The Kier molecular flexibility index (Phi) is 5.30. The maximum Gasteiger partial charge on any atom is 0.183 e. The number of hydrogen-bond donors (Lipinski definition) is 1. The number of fused-ring (bicyclic) bond motifs is 1. The molecular weight excluding hydrogens is 350 g/mol. The minimum Gasteiger partial charge on any atom is -0.497 e. The molecule has 4 aromatic rings. The Morgan fingerprint density at radius 3 is 2.79 bits per heavy atom. The summed E-state index contributed by atoms with van der Waals surface area (Å²) in [4.78, 5) is 0. The maximum atomic E-state index is 5.29. The van der Waals surface area contributed by atoms with Gasteiger partial charge in [-0.15, -0.1) is 5.10 Å². The van der Waals surface area contributed by atoms with E-state index in [-0.39, 0.29) is 0 Å². The molecule has 4 rings (SSSR count). The van der Waals surface area contributed by atoms with Crippen molar-refractivity contribution in [1.29, 1.82) is 0 Å². The Labute approximate surface area is 164 Å². The molecule has 6 heteroatoms. The highest BCUT2D eigenvalue weighted by Crippen LogP contribution is 2.23. The number of methoxy groups -OCH3 is 1. The summed E-state index contributed by atoms with van der Waals surface area (Å²) in [5.74, 6) is 0.889. The molecular formula is C22H23N5O. The fourth-order valence-electron chi connectivity index (χ4n) is 3.31. The summed E-state index contributed by atoms with van der Waals surface area (Å²) in [6, 6.07) is 18.8. The van der Waals surface area contributed by atoms with Crippen LogP contribution in [0.2, 0.25) is 0 Å². The minimum absolute atomic E-state index is 0.702. The van der Waals surface area contributed by atoms with Gasteiger partial charge in [0.15, 0.2) is 5.65 Å². The van der Waals surface area contributed by atoms with Crippen LogP contribution in [0.25, 0.3) is 16.8 Å². The molecule has 2 aromatic carbocycles. The Hall–Kier alpha value is -3.25. The first-order valence-corrected chi connectivity index (χ1v) is 9.34. The van der Waals surface area contributed by atoms with Crippen LogP contribution in [-0.2, 0) is 13.0 Å². The third kappa shape index (κ3) is 4.02. The fourth-order valence-corrected chi connectivity index (χ4v) is 3.31. The van der Waals surface area contributed by atoms with Gasteiger partial charge in [0.25, 0.3) is 0 Å². The first kappa shape index (κ1) is 18.1. The lowest BCUT2D eigenvalue weighted by Gasteiger charge is -2.10. The Balaban J connectivity index is 1.49. The van der Waals surface area contributed by atoms with E-state index >= 15 is 0 Å². The molecule has 0 bridgehead atoms. The van der Waals surface area contributed by atoms with Gasteiger partial charge in [-0.05, 0) is 59.6 Å². The van der Waals surface area contributed by atoms with Crippen molar-refractivity contribution >= 4 is 5.65 Å². The van der Waals surface area contributed by atoms with Crippen molar-refractivity contribution in [3.8, 4) is 16.9 Å². The number of aromatic nitrogens is 4. The number of nitrogens with one attached hydrogen (secondary N) is 1. The summed E-state index contributed by atoms with van der Waals surface area (Å²) in [7, 11) is 1.69. The molecule has 0 spiro atoms. The lowest BCUT2D eigenvalue weighted by Crippen LogP contribution is -2.17. The standard InChI is InChI=1S/C22H23N5O/c1-16-5-3-7-18(11-16)20-13-19(22-24-25-26-27(22)15-20)14-23-10-9-17-6-4-8-21(12-17)28-2/h3-8,11-13,15,23H,9-10,14H2,1-2H3. The van der Waals surface area contributed by atoms with Gasteiger partial charge in [0, 0.05) is 23.9 Å². The van der Waals surface area contributed by atoms with E-state index in [1.165, 1.54) is 11.1 Å². The zero-order valence-electron chi connectivity index (χ0n) is 16.1. The molecule has 0 atom stereocenters. The molecule has 0 amide bonds. The van der Waals surface area contributed by atoms with Crippen molar-refractivity contribution in [2.24, 2.45) is 0 Å². The summed E-state index contributed by atoms with van der Waals surface area (Å²) >= 11 is 0. The molecule has 2 heterocycles. The van der Waals surface area contributed by atoms with Crippen LogP contribution in [0.5, 0.6) is 5.75 Å². The third-order valence-corrected chi connectivity index (χ3v) is 4.76. The van der Waals surface area contributed by atoms with E-state index in [0.717, 1.165) is 41.1 Å². The highest BCUT2D eigenvalue weighted by atomic mass is 16.5. The van der Waals surface area contributed by atoms with Crippen LogP contribution in [0.3, 0.4) is 0 Å². The van der Waals surface area contributed by atoms with E-state index in [1.807, 2.05) is 18.3 Å². The van der Waals surface area contributed by atoms with Gasteiger partial charge in [0.2, 0.25) is 0 Å². The predicted octanol–water partition coefficient (Wildman–Crippen LogP) is 3.44. The number of pyridine rings is 1. The largest absolute Gasteiger partial charge is 0.497 e. The lowest BCUT2D eigenvalue weighted by molar-refractivity contribution is 0.414. The smallest absolute Gasteiger partial charge is 0.183 e. The lowest BCUT2D eigenvalue weighted by atomic mass is 10.0. The Morgan fingerprint density at radius 2 is 1.93 bits per heavy atom. The molecule has 0 radical (unpaired) electrons. The van der Waals surface area contributed by atoms with E-state index in [0.29, 0.717) is 6.54 Å². The number of hydrogen-bond acceptors (Lipinski definition) is 5. The van der Waals surface area contributed by atoms with E-state index in [1.54, 1.807) is 11.6 Å². The number of benzene rings is 2. The summed E-state index contributed by atoms with van der Waals surface area (Å²) in [6.45, 7) is 3.66. The van der Waals surface area contributed by atoms with Crippen LogP contribution in [0.15, 0.2) is 60.8 Å². The van der Waals surface area contributed by atoms with Gasteiger partial charge in [-0.1, -0.05) is 42.0 Å². The monoisotopic (exact) mass is 373 g/mol. The maximum absolute atomic E-state index is 5.29. The van der Waals surface area contributed by atoms with Gasteiger partial charge in [-0.2, -0.15) is 4.52 Å². The van der Waals surface area contributed by atoms with Crippen LogP contribution in [0, 0.1) is 6.92 Å². The predicted molar refractivity (Wildman–Crippen MR) is 109 cm³/mol. The second-order valence-electron chi connectivity index (χ2n) is 6.85. The molecule has 0 fully saturated rings. The van der Waals surface area contributed by atoms with E-state index in [2.05, 4.69) is 70.2 Å². The number of tetrazole rings is 1. The zero-order valence-corrected chi connectivity index (χ0v) is 16.1. The highest BCUT2D eigenvalue weighted by molar-refractivity contribution is 5.67. The number of ether oxygens (including phenoxy) is 1. The van der Waals surface area contributed by atoms with Crippen LogP contribution in [0.1, 0.15) is 16.7 Å².